The van der Waals surface area contributed by atoms with Crippen molar-refractivity contribution < 1.29 is 9.90 Å². The van der Waals surface area contributed by atoms with Gasteiger partial charge in [0.05, 0.1) is 21.8 Å². The minimum atomic E-state index is -0.0974. The number of fused-ring (bicyclic) bond motifs is 1. The molecule has 5 rings (SSSR count). The van der Waals surface area contributed by atoms with E-state index in [4.69, 9.17) is 11.6 Å². The quantitative estimate of drug-likeness (QED) is 0.403. The minimum absolute atomic E-state index is 0.0696. The van der Waals surface area contributed by atoms with Crippen LogP contribution in [0.25, 0.3) is 22.0 Å². The van der Waals surface area contributed by atoms with Crippen molar-refractivity contribution >= 4 is 34.0 Å². The molecule has 0 atom stereocenters. The van der Waals surface area contributed by atoms with E-state index in [-0.39, 0.29) is 17.5 Å². The highest BCUT2D eigenvalue weighted by atomic mass is 35.5. The van der Waals surface area contributed by atoms with Crippen molar-refractivity contribution in [1.82, 2.24) is 9.88 Å². The average molecular weight is 492 g/mol. The molecule has 0 aliphatic carbocycles. The lowest BCUT2D eigenvalue weighted by Crippen LogP contribution is -2.39. The van der Waals surface area contributed by atoms with Crippen LogP contribution in [0.5, 0.6) is 5.75 Å². The molecule has 2 aliphatic rings. The van der Waals surface area contributed by atoms with Crippen LogP contribution in [0.3, 0.4) is 0 Å². The number of aromatic nitrogens is 1. The predicted molar refractivity (Wildman–Crippen MR) is 144 cm³/mol. The number of hydrogen-bond donors (Lipinski definition) is 1. The van der Waals surface area contributed by atoms with Crippen molar-refractivity contribution in [3.63, 3.8) is 0 Å². The number of carbonyl (C=O) groups excluding carboxylic acids is 1. The van der Waals surface area contributed by atoms with Gasteiger partial charge < -0.3 is 14.9 Å². The molecule has 3 aromatic rings. The Kier molecular flexibility index (Phi) is 6.99. The second-order valence-electron chi connectivity index (χ2n) is 10.4. The summed E-state index contributed by atoms with van der Waals surface area (Å²) in [5.41, 5.74) is 4.52. The molecule has 0 unspecified atom stereocenters. The monoisotopic (exact) mass is 491 g/mol. The first-order valence-corrected chi connectivity index (χ1v) is 13.2. The Hall–Kier alpha value is -2.63. The van der Waals surface area contributed by atoms with Crippen molar-refractivity contribution in [2.24, 2.45) is 11.8 Å². The van der Waals surface area contributed by atoms with Crippen LogP contribution >= 0.6 is 11.6 Å². The molecule has 0 radical (unpaired) electrons. The van der Waals surface area contributed by atoms with Gasteiger partial charge in [-0.15, -0.1) is 0 Å². The number of aromatic hydroxyl groups is 1. The number of carbonyl (C=O) groups is 1. The number of rotatable bonds is 6. The summed E-state index contributed by atoms with van der Waals surface area (Å²) in [6, 6.07) is 11.4. The summed E-state index contributed by atoms with van der Waals surface area (Å²) in [5, 5.41) is 11.2. The number of hydrogen-bond acceptors (Lipinski definition) is 5. The summed E-state index contributed by atoms with van der Waals surface area (Å²) in [7, 11) is 0. The van der Waals surface area contributed by atoms with Gasteiger partial charge in [-0.1, -0.05) is 37.6 Å². The maximum absolute atomic E-state index is 13.3. The van der Waals surface area contributed by atoms with Crippen LogP contribution < -0.4 is 4.90 Å². The van der Waals surface area contributed by atoms with Crippen molar-refractivity contribution in [2.75, 3.05) is 37.6 Å². The molecule has 0 spiro atoms. The van der Waals surface area contributed by atoms with Crippen molar-refractivity contribution in [3.8, 4) is 16.9 Å². The molecule has 3 heterocycles. The standard InChI is InChI=1S/C29H34ClN3O2/c1-19(2)29(35)24-17-31-26-7-5-21(22-6-8-27(34)25(30)16-22)15-23(26)28(24)33-13-9-20(10-14-33)18-32-11-3-4-12-32/h5-8,15-17,19-20,34H,3-4,9-14,18H2,1-2H3. The van der Waals surface area contributed by atoms with Crippen LogP contribution in [0.1, 0.15) is 49.9 Å². The van der Waals surface area contributed by atoms with Gasteiger partial charge >= 0.3 is 0 Å². The van der Waals surface area contributed by atoms with E-state index < -0.39 is 0 Å². The SMILES string of the molecule is CC(C)C(=O)c1cnc2ccc(-c3ccc(O)c(Cl)c3)cc2c1N1CCC(CN2CCCC2)CC1. The Balaban J connectivity index is 1.52. The highest BCUT2D eigenvalue weighted by Gasteiger charge is 2.27. The summed E-state index contributed by atoms with van der Waals surface area (Å²) in [5.74, 6) is 0.822. The van der Waals surface area contributed by atoms with Crippen LogP contribution in [0, 0.1) is 11.8 Å². The maximum atomic E-state index is 13.3. The number of anilines is 1. The summed E-state index contributed by atoms with van der Waals surface area (Å²) in [4.78, 5) is 23.0. The second-order valence-corrected chi connectivity index (χ2v) is 10.8. The molecule has 5 nitrogen and oxygen atoms in total. The maximum Gasteiger partial charge on any atom is 0.169 e. The van der Waals surface area contributed by atoms with Gasteiger partial charge in [0, 0.05) is 37.1 Å². The van der Waals surface area contributed by atoms with Crippen molar-refractivity contribution in [2.45, 2.75) is 39.5 Å². The first kappa shape index (κ1) is 24.1. The Bertz CT molecular complexity index is 1230. The zero-order valence-electron chi connectivity index (χ0n) is 20.6. The Morgan fingerprint density at radius 1 is 1.06 bits per heavy atom. The van der Waals surface area contributed by atoms with Gasteiger partial charge in [0.1, 0.15) is 5.75 Å². The third-order valence-electron chi connectivity index (χ3n) is 7.56. The first-order valence-electron chi connectivity index (χ1n) is 12.8. The molecule has 1 aromatic heterocycles. The summed E-state index contributed by atoms with van der Waals surface area (Å²) in [6.07, 6.45) is 6.72. The first-order chi connectivity index (χ1) is 16.9. The number of benzene rings is 2. The van der Waals surface area contributed by atoms with E-state index in [0.717, 1.165) is 59.6 Å². The van der Waals surface area contributed by atoms with E-state index in [0.29, 0.717) is 10.6 Å². The van der Waals surface area contributed by atoms with Crippen molar-refractivity contribution in [3.05, 3.63) is 53.2 Å². The molecule has 0 bridgehead atoms. The van der Waals surface area contributed by atoms with Gasteiger partial charge in [-0.2, -0.15) is 0 Å². The summed E-state index contributed by atoms with van der Waals surface area (Å²) < 4.78 is 0. The molecule has 1 N–H and O–H groups in total. The molecule has 2 aromatic carbocycles. The average Bonchev–Trinajstić information content (AvgIpc) is 3.38. The number of phenols is 1. The number of piperidine rings is 1. The lowest BCUT2D eigenvalue weighted by Gasteiger charge is -2.36. The molecule has 184 valence electrons. The van der Waals surface area contributed by atoms with E-state index in [9.17, 15) is 9.90 Å². The van der Waals surface area contributed by atoms with Gasteiger partial charge in [-0.25, -0.2) is 0 Å². The molecule has 0 saturated carbocycles. The molecule has 2 fully saturated rings. The summed E-state index contributed by atoms with van der Waals surface area (Å²) in [6.45, 7) is 9.49. The number of phenolic OH excluding ortho intramolecular Hbond substituents is 1. The molecule has 2 aliphatic heterocycles. The Labute approximate surface area is 212 Å². The molecule has 0 amide bonds. The number of likely N-dealkylation sites (tertiary alicyclic amines) is 1. The zero-order chi connectivity index (χ0) is 24.5. The largest absolute Gasteiger partial charge is 0.506 e. The van der Waals surface area contributed by atoms with E-state index in [1.54, 1.807) is 18.3 Å². The fourth-order valence-corrected chi connectivity index (χ4v) is 5.73. The molecular formula is C29H34ClN3O2. The number of ketones is 1. The number of Topliss-reactive ketones (excluding diaryl/α,β-unsaturated/α-hetero) is 1. The minimum Gasteiger partial charge on any atom is -0.506 e. The summed E-state index contributed by atoms with van der Waals surface area (Å²) >= 11 is 6.19. The van der Waals surface area contributed by atoms with Gasteiger partial charge in [0.2, 0.25) is 0 Å². The molecule has 35 heavy (non-hydrogen) atoms. The smallest absolute Gasteiger partial charge is 0.169 e. The van der Waals surface area contributed by atoms with E-state index in [2.05, 4.69) is 20.9 Å². The van der Waals surface area contributed by atoms with Crippen LogP contribution in [-0.4, -0.2) is 53.5 Å². The molecule has 6 heteroatoms. The highest BCUT2D eigenvalue weighted by molar-refractivity contribution is 6.32. The molecule has 2 saturated heterocycles. The second kappa shape index (κ2) is 10.2. The van der Waals surface area contributed by atoms with E-state index in [1.807, 2.05) is 32.0 Å². The van der Waals surface area contributed by atoms with Crippen LogP contribution in [0.2, 0.25) is 5.02 Å². The van der Waals surface area contributed by atoms with Crippen LogP contribution in [0.4, 0.5) is 5.69 Å². The normalized spacial score (nSPS) is 17.5. The fraction of sp³-hybridized carbons (Fsp3) is 0.448. The topological polar surface area (TPSA) is 56.7 Å². The van der Waals surface area contributed by atoms with Crippen LogP contribution in [-0.2, 0) is 0 Å². The van der Waals surface area contributed by atoms with Crippen LogP contribution in [0.15, 0.2) is 42.6 Å². The van der Waals surface area contributed by atoms with E-state index >= 15 is 0 Å². The third kappa shape index (κ3) is 5.03. The van der Waals surface area contributed by atoms with Crippen molar-refractivity contribution in [1.29, 1.82) is 0 Å². The number of pyridine rings is 1. The fourth-order valence-electron chi connectivity index (χ4n) is 5.55. The lowest BCUT2D eigenvalue weighted by atomic mass is 9.92. The third-order valence-corrected chi connectivity index (χ3v) is 7.86. The lowest BCUT2D eigenvalue weighted by molar-refractivity contribution is 0.0939. The van der Waals surface area contributed by atoms with Gasteiger partial charge in [-0.3, -0.25) is 9.78 Å². The van der Waals surface area contributed by atoms with Gasteiger partial charge in [0.25, 0.3) is 0 Å². The van der Waals surface area contributed by atoms with E-state index in [1.165, 1.54) is 32.5 Å². The predicted octanol–water partition coefficient (Wildman–Crippen LogP) is 6.41. The number of nitrogens with zero attached hydrogens (tertiary/aromatic N) is 3. The number of halogens is 1. The zero-order valence-corrected chi connectivity index (χ0v) is 21.4. The Morgan fingerprint density at radius 2 is 1.74 bits per heavy atom. The molecular weight excluding hydrogens is 458 g/mol. The highest BCUT2D eigenvalue weighted by Crippen LogP contribution is 2.37. The Morgan fingerprint density at radius 3 is 2.43 bits per heavy atom. The van der Waals surface area contributed by atoms with Gasteiger partial charge in [-0.05, 0) is 80.1 Å². The van der Waals surface area contributed by atoms with Gasteiger partial charge in [0.15, 0.2) is 5.78 Å².